The molecule has 0 radical (unpaired) electrons. The number of nitrogens with two attached hydrogens (primary N) is 3. The van der Waals surface area contributed by atoms with Crippen molar-refractivity contribution in [1.82, 2.24) is 15.5 Å². The third kappa shape index (κ3) is 16.6. The van der Waals surface area contributed by atoms with Crippen molar-refractivity contribution in [2.24, 2.45) is 22.2 Å². The van der Waals surface area contributed by atoms with E-state index in [-0.39, 0.29) is 56.6 Å². The van der Waals surface area contributed by atoms with E-state index in [0.717, 1.165) is 30.4 Å². The number of nitrogens with zero attached hydrogens (tertiary/aromatic N) is 2. The van der Waals surface area contributed by atoms with Gasteiger partial charge in [0.1, 0.15) is 17.8 Å². The fraction of sp³-hybridized carbons (Fsp3) is 0.541. The summed E-state index contributed by atoms with van der Waals surface area (Å²) in [6.07, 6.45) is 7.54. The Balaban J connectivity index is 2.09. The summed E-state index contributed by atoms with van der Waals surface area (Å²) in [5, 5.41) is 5.62. The Bertz CT molecular complexity index is 1340. The third-order valence-corrected chi connectivity index (χ3v) is 8.22. The lowest BCUT2D eigenvalue weighted by Gasteiger charge is -2.27. The maximum Gasteiger partial charge on any atom is 0.307 e. The summed E-state index contributed by atoms with van der Waals surface area (Å²) < 4.78 is 10.6. The topological polar surface area (TPSA) is 204 Å². The van der Waals surface area contributed by atoms with E-state index in [1.165, 1.54) is 24.2 Å². The van der Waals surface area contributed by atoms with E-state index < -0.39 is 29.9 Å². The zero-order valence-electron chi connectivity index (χ0n) is 29.9. The largest absolute Gasteiger partial charge is 0.497 e. The molecular weight excluding hydrogens is 638 g/mol. The van der Waals surface area contributed by atoms with Crippen molar-refractivity contribution in [3.8, 4) is 5.75 Å². The van der Waals surface area contributed by atoms with E-state index in [4.69, 9.17) is 26.7 Å². The van der Waals surface area contributed by atoms with Crippen LogP contribution in [0.2, 0.25) is 0 Å². The van der Waals surface area contributed by atoms with Gasteiger partial charge in [-0.3, -0.25) is 24.2 Å². The molecule has 50 heavy (non-hydrogen) atoms. The number of likely N-dealkylation sites (N-methyl/N-ethyl adjacent to an activating group) is 1. The second-order valence-corrected chi connectivity index (χ2v) is 12.4. The van der Waals surface area contributed by atoms with Gasteiger partial charge in [0.25, 0.3) is 0 Å². The number of hydrogen-bond acceptors (Lipinski definition) is 8. The van der Waals surface area contributed by atoms with Crippen LogP contribution >= 0.6 is 0 Å². The first kappa shape index (κ1) is 41.5. The van der Waals surface area contributed by atoms with E-state index in [0.29, 0.717) is 18.8 Å². The van der Waals surface area contributed by atoms with Gasteiger partial charge < -0.3 is 42.2 Å². The lowest BCUT2D eigenvalue weighted by Crippen LogP contribution is -2.56. The molecule has 0 spiro atoms. The quantitative estimate of drug-likeness (QED) is 0.0473. The number of unbranched alkanes of at least 4 members (excludes halogenated alkanes) is 5. The Hall–Kier alpha value is -4.65. The molecule has 3 amide bonds. The van der Waals surface area contributed by atoms with Gasteiger partial charge in [0, 0.05) is 26.6 Å². The number of esters is 1. The van der Waals surface area contributed by atoms with Crippen LogP contribution in [0.5, 0.6) is 5.75 Å². The van der Waals surface area contributed by atoms with Crippen molar-refractivity contribution in [2.75, 3.05) is 33.9 Å². The van der Waals surface area contributed by atoms with Crippen LogP contribution in [-0.4, -0.2) is 86.5 Å². The van der Waals surface area contributed by atoms with Crippen LogP contribution in [0, 0.1) is 0 Å². The number of carbonyl (C=O) groups is 4. The Kier molecular flexibility index (Phi) is 19.6. The molecule has 0 aliphatic heterocycles. The molecule has 276 valence electrons. The fourth-order valence-electron chi connectivity index (χ4n) is 5.26. The molecule has 0 saturated heterocycles. The molecule has 0 bridgehead atoms. The molecular formula is C37H57N7O6. The van der Waals surface area contributed by atoms with Gasteiger partial charge in [-0.15, -0.1) is 0 Å². The number of benzene rings is 2. The molecule has 0 aliphatic carbocycles. The van der Waals surface area contributed by atoms with Gasteiger partial charge in [0.2, 0.25) is 17.7 Å². The molecule has 13 nitrogen and oxygen atoms in total. The zero-order valence-corrected chi connectivity index (χ0v) is 29.9. The first-order chi connectivity index (χ1) is 24.0. The number of hydrogen-bond donors (Lipinski definition) is 5. The zero-order chi connectivity index (χ0) is 36.7. The first-order valence-corrected chi connectivity index (χ1v) is 17.5. The number of aliphatic imine (C=N–C) groups is 1. The molecule has 0 unspecified atom stereocenters. The van der Waals surface area contributed by atoms with Crippen LogP contribution in [-0.2, 0) is 36.8 Å². The molecule has 2 aromatic rings. The molecule has 0 aromatic heterocycles. The van der Waals surface area contributed by atoms with Crippen molar-refractivity contribution >= 4 is 29.7 Å². The summed E-state index contributed by atoms with van der Waals surface area (Å²) in [6, 6.07) is 13.5. The monoisotopic (exact) mass is 695 g/mol. The highest BCUT2D eigenvalue weighted by atomic mass is 16.5. The van der Waals surface area contributed by atoms with E-state index in [1.54, 1.807) is 26.3 Å². The van der Waals surface area contributed by atoms with Crippen LogP contribution in [0.25, 0.3) is 0 Å². The summed E-state index contributed by atoms with van der Waals surface area (Å²) in [4.78, 5) is 58.5. The minimum Gasteiger partial charge on any atom is -0.497 e. The summed E-state index contributed by atoms with van der Waals surface area (Å²) in [6.45, 7) is 2.88. The molecule has 0 heterocycles. The average Bonchev–Trinajstić information content (AvgIpc) is 3.11. The van der Waals surface area contributed by atoms with Crippen LogP contribution in [0.1, 0.15) is 75.8 Å². The Labute approximate surface area is 296 Å². The van der Waals surface area contributed by atoms with E-state index in [9.17, 15) is 19.2 Å². The minimum absolute atomic E-state index is 0.0274. The maximum atomic E-state index is 13.8. The highest BCUT2D eigenvalue weighted by Gasteiger charge is 2.30. The number of amides is 3. The number of carbonyl (C=O) groups excluding carboxylic acids is 4. The molecule has 2 rings (SSSR count). The Morgan fingerprint density at radius 1 is 0.820 bits per heavy atom. The number of nitrogens with one attached hydrogen (secondary N) is 2. The van der Waals surface area contributed by atoms with Gasteiger partial charge in [-0.05, 0) is 48.9 Å². The van der Waals surface area contributed by atoms with Crippen LogP contribution in [0.3, 0.4) is 0 Å². The van der Waals surface area contributed by atoms with Gasteiger partial charge in [-0.1, -0.05) is 81.5 Å². The highest BCUT2D eigenvalue weighted by molar-refractivity contribution is 5.93. The van der Waals surface area contributed by atoms with Crippen LogP contribution < -0.4 is 32.6 Å². The van der Waals surface area contributed by atoms with E-state index >= 15 is 0 Å². The van der Waals surface area contributed by atoms with Gasteiger partial charge >= 0.3 is 5.97 Å². The highest BCUT2D eigenvalue weighted by Crippen LogP contribution is 2.13. The predicted octanol–water partition coefficient (Wildman–Crippen LogP) is 2.58. The van der Waals surface area contributed by atoms with E-state index in [1.807, 2.05) is 42.5 Å². The number of ether oxygens (including phenoxy) is 2. The van der Waals surface area contributed by atoms with Gasteiger partial charge in [-0.25, -0.2) is 0 Å². The van der Waals surface area contributed by atoms with Crippen molar-refractivity contribution in [3.05, 3.63) is 65.7 Å². The maximum absolute atomic E-state index is 13.8. The average molecular weight is 696 g/mol. The number of rotatable bonds is 24. The molecule has 8 N–H and O–H groups in total. The molecule has 0 fully saturated rings. The second-order valence-electron chi connectivity index (χ2n) is 12.4. The van der Waals surface area contributed by atoms with Crippen LogP contribution in [0.15, 0.2) is 59.6 Å². The Morgan fingerprint density at radius 2 is 1.46 bits per heavy atom. The molecule has 13 heteroatoms. The fourth-order valence-corrected chi connectivity index (χ4v) is 5.26. The van der Waals surface area contributed by atoms with Crippen molar-refractivity contribution in [1.29, 1.82) is 0 Å². The predicted molar refractivity (Wildman–Crippen MR) is 195 cm³/mol. The smallest absolute Gasteiger partial charge is 0.307 e. The lowest BCUT2D eigenvalue weighted by atomic mass is 10.0. The molecule has 3 atom stereocenters. The minimum atomic E-state index is -1.02. The first-order valence-electron chi connectivity index (χ1n) is 17.5. The Morgan fingerprint density at radius 3 is 2.12 bits per heavy atom. The van der Waals surface area contributed by atoms with Gasteiger partial charge in [0.05, 0.1) is 26.2 Å². The molecule has 2 aromatic carbocycles. The summed E-state index contributed by atoms with van der Waals surface area (Å²) in [5.74, 6) is -1.24. The normalized spacial score (nSPS) is 12.6. The summed E-state index contributed by atoms with van der Waals surface area (Å²) in [5.41, 5.74) is 18.8. The molecule has 0 saturated carbocycles. The van der Waals surface area contributed by atoms with Crippen molar-refractivity contribution < 1.29 is 28.7 Å². The number of guanidine groups is 1. The van der Waals surface area contributed by atoms with Crippen molar-refractivity contribution in [2.45, 2.75) is 95.7 Å². The SMILES string of the molecule is CCCCCCCCOC(=O)CCN(C)C(=O)[C@H](Cc1ccccc1)NC(=O)[C@@H](CCCN=C(N)N)NC(=O)[C@@H](N)Cc1ccc(OC)cc1. The lowest BCUT2D eigenvalue weighted by molar-refractivity contribution is -0.145. The van der Waals surface area contributed by atoms with Crippen LogP contribution in [0.4, 0.5) is 0 Å². The van der Waals surface area contributed by atoms with E-state index in [2.05, 4.69) is 22.5 Å². The molecule has 0 aliphatic rings. The summed E-state index contributed by atoms with van der Waals surface area (Å²) in [7, 11) is 3.15. The van der Waals surface area contributed by atoms with Crippen molar-refractivity contribution in [3.63, 3.8) is 0 Å². The second kappa shape index (κ2) is 23.7. The standard InChI is InChI=1S/C37H57N7O6/c1-4-5-6-7-8-12-24-50-33(45)21-23-44(2)36(48)32(26-27-14-10-9-11-15-27)43-35(47)31(16-13-22-41-37(39)40)42-34(46)30(38)25-28-17-19-29(49-3)20-18-28/h9-11,14-15,17-20,30-32H,4-8,12-13,16,21-26,38H2,1-3H3,(H,42,46)(H,43,47)(H4,39,40,41)/t30-,31+,32-/m0/s1. The van der Waals surface area contributed by atoms with Gasteiger partial charge in [-0.2, -0.15) is 0 Å². The van der Waals surface area contributed by atoms with Gasteiger partial charge in [0.15, 0.2) is 5.96 Å². The number of methoxy groups -OCH3 is 1. The third-order valence-electron chi connectivity index (χ3n) is 8.22. The summed E-state index contributed by atoms with van der Waals surface area (Å²) >= 11 is 0.